The second-order valence-corrected chi connectivity index (χ2v) is 7.94. The van der Waals surface area contributed by atoms with E-state index in [2.05, 4.69) is 42.5 Å². The molecular weight excluding hydrogens is 378 g/mol. The number of carbonyl (C=O) groups excluding carboxylic acids is 1. The van der Waals surface area contributed by atoms with E-state index < -0.39 is 0 Å². The van der Waals surface area contributed by atoms with Gasteiger partial charge in [-0.2, -0.15) is 0 Å². The molecular formula is C22H27N7O. The number of hydrogen-bond acceptors (Lipinski definition) is 6. The molecule has 0 spiro atoms. The maximum Gasteiger partial charge on any atom is 0.223 e. The Balaban J connectivity index is 1.40. The van der Waals surface area contributed by atoms with Gasteiger partial charge in [-0.15, -0.1) is 0 Å². The molecule has 1 amide bonds. The molecule has 0 fully saturated rings. The van der Waals surface area contributed by atoms with Gasteiger partial charge in [0.1, 0.15) is 12.2 Å². The zero-order valence-corrected chi connectivity index (χ0v) is 17.3. The number of imidazole rings is 1. The van der Waals surface area contributed by atoms with Crippen molar-refractivity contribution in [3.63, 3.8) is 0 Å². The maximum absolute atomic E-state index is 13.0. The SMILES string of the molecule is CN(Cc1cccnc1)C[C@@H]1CN(C(=O)CCc2cncnc2)Cc2nccn2C1. The number of aromatic nitrogens is 5. The molecule has 30 heavy (non-hydrogen) atoms. The number of hydrogen-bond donors (Lipinski definition) is 0. The van der Waals surface area contributed by atoms with E-state index in [4.69, 9.17) is 0 Å². The van der Waals surface area contributed by atoms with Crippen molar-refractivity contribution >= 4 is 5.91 Å². The lowest BCUT2D eigenvalue weighted by Gasteiger charge is -2.27. The summed E-state index contributed by atoms with van der Waals surface area (Å²) in [6, 6.07) is 4.05. The second kappa shape index (κ2) is 9.58. The highest BCUT2D eigenvalue weighted by atomic mass is 16.2. The van der Waals surface area contributed by atoms with E-state index in [9.17, 15) is 4.79 Å². The summed E-state index contributed by atoms with van der Waals surface area (Å²) in [6.45, 7) is 3.87. The van der Waals surface area contributed by atoms with Crippen LogP contribution in [0, 0.1) is 5.92 Å². The van der Waals surface area contributed by atoms with Gasteiger partial charge in [0.15, 0.2) is 0 Å². The Kier molecular flexibility index (Phi) is 6.44. The smallest absolute Gasteiger partial charge is 0.223 e. The third-order valence-corrected chi connectivity index (χ3v) is 5.41. The molecule has 0 radical (unpaired) electrons. The number of fused-ring (bicyclic) bond motifs is 1. The zero-order valence-electron chi connectivity index (χ0n) is 17.3. The Hall–Kier alpha value is -3.13. The Labute approximate surface area is 176 Å². The fraction of sp³-hybridized carbons (Fsp3) is 0.409. The van der Waals surface area contributed by atoms with Crippen molar-refractivity contribution in [2.45, 2.75) is 32.5 Å². The molecule has 0 aliphatic carbocycles. The molecule has 8 nitrogen and oxygen atoms in total. The van der Waals surface area contributed by atoms with Crippen molar-refractivity contribution in [3.8, 4) is 0 Å². The highest BCUT2D eigenvalue weighted by molar-refractivity contribution is 5.76. The van der Waals surface area contributed by atoms with Crippen LogP contribution in [0.5, 0.6) is 0 Å². The summed E-state index contributed by atoms with van der Waals surface area (Å²) in [6.07, 6.45) is 13.7. The molecule has 156 valence electrons. The first-order chi connectivity index (χ1) is 14.7. The first-order valence-corrected chi connectivity index (χ1v) is 10.3. The summed E-state index contributed by atoms with van der Waals surface area (Å²) in [4.78, 5) is 34.0. The Bertz CT molecular complexity index is 944. The minimum atomic E-state index is 0.148. The van der Waals surface area contributed by atoms with Crippen molar-refractivity contribution in [3.05, 3.63) is 72.6 Å². The van der Waals surface area contributed by atoms with E-state index in [1.807, 2.05) is 29.6 Å². The molecule has 0 aromatic carbocycles. The predicted octanol–water partition coefficient (Wildman–Crippen LogP) is 1.79. The number of rotatable bonds is 7. The summed E-state index contributed by atoms with van der Waals surface area (Å²) in [7, 11) is 2.12. The molecule has 1 atom stereocenters. The predicted molar refractivity (Wildman–Crippen MR) is 112 cm³/mol. The number of carbonyl (C=O) groups is 1. The topological polar surface area (TPSA) is 80.0 Å². The van der Waals surface area contributed by atoms with E-state index >= 15 is 0 Å². The molecule has 0 saturated carbocycles. The van der Waals surface area contributed by atoms with Gasteiger partial charge in [-0.1, -0.05) is 6.07 Å². The average molecular weight is 406 g/mol. The van der Waals surface area contributed by atoms with Gasteiger partial charge in [0.2, 0.25) is 5.91 Å². The summed E-state index contributed by atoms with van der Waals surface area (Å²) < 4.78 is 2.18. The quantitative estimate of drug-likeness (QED) is 0.596. The Morgan fingerprint density at radius 3 is 2.77 bits per heavy atom. The molecule has 0 unspecified atom stereocenters. The van der Waals surface area contributed by atoms with E-state index in [0.29, 0.717) is 25.3 Å². The molecule has 4 heterocycles. The van der Waals surface area contributed by atoms with Crippen molar-refractivity contribution in [1.82, 2.24) is 34.3 Å². The Morgan fingerprint density at radius 2 is 1.97 bits per heavy atom. The van der Waals surface area contributed by atoms with Crippen molar-refractivity contribution < 1.29 is 4.79 Å². The lowest BCUT2D eigenvalue weighted by Crippen LogP contribution is -2.38. The molecule has 3 aromatic rings. The molecule has 8 heteroatoms. The van der Waals surface area contributed by atoms with Crippen LogP contribution in [0.15, 0.2) is 55.6 Å². The fourth-order valence-electron chi connectivity index (χ4n) is 4.02. The van der Waals surface area contributed by atoms with Crippen LogP contribution in [0.25, 0.3) is 0 Å². The van der Waals surface area contributed by atoms with Crippen LogP contribution < -0.4 is 0 Å². The van der Waals surface area contributed by atoms with Gasteiger partial charge >= 0.3 is 0 Å². The van der Waals surface area contributed by atoms with E-state index in [0.717, 1.165) is 37.6 Å². The standard InChI is InChI=1S/C22H27N7O/c1-27(12-19-3-2-6-23-11-19)13-20-14-28-8-7-26-21(28)16-29(15-20)22(30)5-4-18-9-24-17-25-10-18/h2-3,6-11,17,20H,4-5,12-16H2,1H3/t20-/m0/s1. The average Bonchev–Trinajstić information content (AvgIpc) is 3.12. The lowest BCUT2D eigenvalue weighted by molar-refractivity contribution is -0.132. The largest absolute Gasteiger partial charge is 0.335 e. The molecule has 0 N–H and O–H groups in total. The maximum atomic E-state index is 13.0. The van der Waals surface area contributed by atoms with Crippen LogP contribution in [0.2, 0.25) is 0 Å². The van der Waals surface area contributed by atoms with Crippen LogP contribution >= 0.6 is 0 Å². The number of amides is 1. The number of pyridine rings is 1. The Morgan fingerprint density at radius 1 is 1.13 bits per heavy atom. The number of aryl methyl sites for hydroxylation is 1. The van der Waals surface area contributed by atoms with Crippen molar-refractivity contribution in [1.29, 1.82) is 0 Å². The summed E-state index contributed by atoms with van der Waals surface area (Å²) in [5.41, 5.74) is 2.17. The van der Waals surface area contributed by atoms with Gasteiger partial charge in [0.25, 0.3) is 0 Å². The van der Waals surface area contributed by atoms with Crippen LogP contribution in [0.1, 0.15) is 23.4 Å². The molecule has 4 rings (SSSR count). The second-order valence-electron chi connectivity index (χ2n) is 7.94. The lowest BCUT2D eigenvalue weighted by atomic mass is 10.1. The highest BCUT2D eigenvalue weighted by Crippen LogP contribution is 2.18. The van der Waals surface area contributed by atoms with Gasteiger partial charge in [-0.3, -0.25) is 9.78 Å². The third-order valence-electron chi connectivity index (χ3n) is 5.41. The van der Waals surface area contributed by atoms with Crippen LogP contribution in [-0.4, -0.2) is 60.3 Å². The van der Waals surface area contributed by atoms with Crippen molar-refractivity contribution in [2.24, 2.45) is 5.92 Å². The van der Waals surface area contributed by atoms with Gasteiger partial charge in [0.05, 0.1) is 6.54 Å². The van der Waals surface area contributed by atoms with Gasteiger partial charge < -0.3 is 14.4 Å². The van der Waals surface area contributed by atoms with Crippen LogP contribution in [-0.2, 0) is 30.8 Å². The normalized spacial score (nSPS) is 16.3. The number of nitrogens with zero attached hydrogens (tertiary/aromatic N) is 7. The minimum absolute atomic E-state index is 0.148. The van der Waals surface area contributed by atoms with Gasteiger partial charge in [-0.25, -0.2) is 15.0 Å². The molecule has 1 aliphatic rings. The summed E-state index contributed by atoms with van der Waals surface area (Å²) in [5.74, 6) is 1.42. The zero-order chi connectivity index (χ0) is 20.8. The third kappa shape index (κ3) is 5.27. The first kappa shape index (κ1) is 20.2. The van der Waals surface area contributed by atoms with Crippen molar-refractivity contribution in [2.75, 3.05) is 20.1 Å². The molecule has 1 aliphatic heterocycles. The molecule has 3 aromatic heterocycles. The van der Waals surface area contributed by atoms with E-state index in [-0.39, 0.29) is 5.91 Å². The first-order valence-electron chi connectivity index (χ1n) is 10.3. The van der Waals surface area contributed by atoms with Crippen LogP contribution in [0.3, 0.4) is 0 Å². The minimum Gasteiger partial charge on any atom is -0.335 e. The molecule has 0 bridgehead atoms. The van der Waals surface area contributed by atoms with Crippen LogP contribution in [0.4, 0.5) is 0 Å². The van der Waals surface area contributed by atoms with E-state index in [1.54, 1.807) is 18.6 Å². The van der Waals surface area contributed by atoms with Gasteiger partial charge in [0, 0.05) is 75.7 Å². The summed E-state index contributed by atoms with van der Waals surface area (Å²) >= 11 is 0. The summed E-state index contributed by atoms with van der Waals surface area (Å²) in [5, 5.41) is 0. The highest BCUT2D eigenvalue weighted by Gasteiger charge is 2.26. The molecule has 0 saturated heterocycles. The van der Waals surface area contributed by atoms with E-state index in [1.165, 1.54) is 11.9 Å². The van der Waals surface area contributed by atoms with Gasteiger partial charge in [-0.05, 0) is 30.7 Å². The fourth-order valence-corrected chi connectivity index (χ4v) is 4.02. The monoisotopic (exact) mass is 405 g/mol.